The number of carbonyl (C=O) groups excluding carboxylic acids is 1. The van der Waals surface area contributed by atoms with Crippen molar-refractivity contribution in [2.75, 3.05) is 30.5 Å². The topological polar surface area (TPSA) is 70.8 Å². The van der Waals surface area contributed by atoms with E-state index in [-0.39, 0.29) is 29.9 Å². The van der Waals surface area contributed by atoms with Crippen molar-refractivity contribution < 1.29 is 17.6 Å². The number of furan rings is 1. The van der Waals surface area contributed by atoms with Gasteiger partial charge < -0.3 is 14.2 Å². The van der Waals surface area contributed by atoms with Crippen LogP contribution in [0.5, 0.6) is 0 Å². The maximum Gasteiger partial charge on any atom is 0.227 e. The molecule has 1 aliphatic rings. The third kappa shape index (κ3) is 5.24. The highest BCUT2D eigenvalue weighted by Crippen LogP contribution is 2.28. The molecule has 1 saturated heterocycles. The third-order valence-corrected chi connectivity index (χ3v) is 8.21. The van der Waals surface area contributed by atoms with E-state index in [9.17, 15) is 13.2 Å². The lowest BCUT2D eigenvalue weighted by Gasteiger charge is -2.29. The second-order valence-electron chi connectivity index (χ2n) is 9.49. The Morgan fingerprint density at radius 2 is 1.85 bits per heavy atom. The second kappa shape index (κ2) is 9.21. The van der Waals surface area contributed by atoms with Gasteiger partial charge in [-0.3, -0.25) is 4.79 Å². The molecule has 0 spiro atoms. The van der Waals surface area contributed by atoms with Crippen molar-refractivity contribution in [3.8, 4) is 0 Å². The number of nitrogens with zero attached hydrogens (tertiary/aromatic N) is 2. The molecule has 2 heterocycles. The second-order valence-corrected chi connectivity index (χ2v) is 11.7. The molecule has 4 rings (SSSR count). The summed E-state index contributed by atoms with van der Waals surface area (Å²) in [6.45, 7) is 4.66. The fourth-order valence-corrected chi connectivity index (χ4v) is 6.13. The molecule has 33 heavy (non-hydrogen) atoms. The highest BCUT2D eigenvalue weighted by atomic mass is 32.2. The number of sulfone groups is 1. The monoisotopic (exact) mass is 468 g/mol. The number of carbonyl (C=O) groups is 1. The molecule has 1 aliphatic heterocycles. The van der Waals surface area contributed by atoms with E-state index in [0.29, 0.717) is 18.9 Å². The Morgan fingerprint density at radius 3 is 2.45 bits per heavy atom. The highest BCUT2D eigenvalue weighted by molar-refractivity contribution is 7.91. The van der Waals surface area contributed by atoms with E-state index in [4.69, 9.17) is 4.42 Å². The summed E-state index contributed by atoms with van der Waals surface area (Å²) in [4.78, 5) is 17.3. The van der Waals surface area contributed by atoms with Gasteiger partial charge in [-0.1, -0.05) is 32.0 Å². The van der Waals surface area contributed by atoms with Gasteiger partial charge in [0.25, 0.3) is 0 Å². The fraction of sp³-hybridized carbons (Fsp3) is 0.423. The van der Waals surface area contributed by atoms with E-state index in [1.807, 2.05) is 49.3 Å². The number of benzene rings is 2. The molecular weight excluding hydrogens is 436 g/mol. The number of fused-ring (bicyclic) bond motifs is 1. The molecule has 0 unspecified atom stereocenters. The van der Waals surface area contributed by atoms with Crippen LogP contribution in [0.4, 0.5) is 5.69 Å². The number of rotatable bonds is 7. The minimum atomic E-state index is -3.12. The van der Waals surface area contributed by atoms with Gasteiger partial charge in [0.1, 0.15) is 5.58 Å². The predicted octanol–water partition coefficient (Wildman–Crippen LogP) is 4.38. The first-order chi connectivity index (χ1) is 15.6. The molecule has 0 N–H and O–H groups in total. The van der Waals surface area contributed by atoms with Crippen LogP contribution in [0, 0.1) is 0 Å². The first-order valence-electron chi connectivity index (χ1n) is 11.4. The molecular formula is C26H32N2O4S. The molecule has 0 aliphatic carbocycles. The molecule has 3 aromatic rings. The van der Waals surface area contributed by atoms with Crippen LogP contribution in [0.1, 0.15) is 42.9 Å². The fourth-order valence-electron chi connectivity index (χ4n) is 4.40. The van der Waals surface area contributed by atoms with Gasteiger partial charge in [-0.15, -0.1) is 0 Å². The summed E-state index contributed by atoms with van der Waals surface area (Å²) in [5.74, 6) is 0.454. The minimum absolute atomic E-state index is 0.0259. The summed E-state index contributed by atoms with van der Waals surface area (Å²) in [7, 11) is 0.845. The Bertz CT molecular complexity index is 1240. The van der Waals surface area contributed by atoms with Crippen molar-refractivity contribution in [3.63, 3.8) is 0 Å². The molecule has 2 aromatic carbocycles. The van der Waals surface area contributed by atoms with Gasteiger partial charge in [-0.2, -0.15) is 0 Å². The van der Waals surface area contributed by atoms with Crippen molar-refractivity contribution in [3.05, 3.63) is 65.4 Å². The predicted molar refractivity (Wildman–Crippen MR) is 132 cm³/mol. The average molecular weight is 469 g/mol. The van der Waals surface area contributed by atoms with Gasteiger partial charge in [-0.05, 0) is 47.7 Å². The van der Waals surface area contributed by atoms with E-state index >= 15 is 0 Å². The quantitative estimate of drug-likeness (QED) is 0.515. The van der Waals surface area contributed by atoms with Gasteiger partial charge in [-0.25, -0.2) is 8.42 Å². The van der Waals surface area contributed by atoms with E-state index in [2.05, 4.69) is 26.0 Å². The Labute approximate surface area is 196 Å². The summed E-state index contributed by atoms with van der Waals surface area (Å²) in [6.07, 6.45) is 2.32. The van der Waals surface area contributed by atoms with Gasteiger partial charge in [0.15, 0.2) is 9.84 Å². The van der Waals surface area contributed by atoms with Crippen LogP contribution >= 0.6 is 0 Å². The zero-order chi connectivity index (χ0) is 23.8. The molecule has 1 aromatic heterocycles. The summed E-state index contributed by atoms with van der Waals surface area (Å²) in [5.41, 5.74) is 4.85. The van der Waals surface area contributed by atoms with Crippen molar-refractivity contribution in [1.29, 1.82) is 0 Å². The minimum Gasteiger partial charge on any atom is -0.464 e. The van der Waals surface area contributed by atoms with Gasteiger partial charge >= 0.3 is 0 Å². The van der Waals surface area contributed by atoms with E-state index in [1.54, 1.807) is 11.2 Å². The summed E-state index contributed by atoms with van der Waals surface area (Å²) >= 11 is 0. The zero-order valence-corrected chi connectivity index (χ0v) is 20.6. The molecule has 1 atom stereocenters. The largest absolute Gasteiger partial charge is 0.464 e. The Morgan fingerprint density at radius 1 is 1.12 bits per heavy atom. The number of hydrogen-bond donors (Lipinski definition) is 0. The third-order valence-electron chi connectivity index (χ3n) is 6.46. The summed E-state index contributed by atoms with van der Waals surface area (Å²) in [6, 6.07) is 13.8. The Balaban J connectivity index is 1.60. The van der Waals surface area contributed by atoms with Crippen LogP contribution in [0.3, 0.4) is 0 Å². The van der Waals surface area contributed by atoms with Crippen LogP contribution in [0.25, 0.3) is 11.0 Å². The van der Waals surface area contributed by atoms with Crippen LogP contribution < -0.4 is 4.90 Å². The van der Waals surface area contributed by atoms with Crippen LogP contribution in [-0.2, 0) is 27.6 Å². The molecule has 7 heteroatoms. The number of anilines is 1. The standard InChI is InChI=1S/C26H32N2O4S/c1-18(2)20-7-10-25-24(13-20)21(16-32-25)14-26(29)28(23-11-12-33(30,31)17-23)15-19-5-8-22(9-6-19)27(3)4/h5-10,13,16,18,23H,11-12,14-15,17H2,1-4H3/t23-/m0/s1. The summed E-state index contributed by atoms with van der Waals surface area (Å²) < 4.78 is 30.1. The van der Waals surface area contributed by atoms with E-state index in [1.165, 1.54) is 5.56 Å². The van der Waals surface area contributed by atoms with Gasteiger partial charge in [0.2, 0.25) is 5.91 Å². The molecule has 1 amide bonds. The maximum absolute atomic E-state index is 13.5. The van der Waals surface area contributed by atoms with Crippen LogP contribution in [0.2, 0.25) is 0 Å². The number of amides is 1. The first kappa shape index (κ1) is 23.4. The SMILES string of the molecule is CC(C)c1ccc2occ(CC(=O)N(Cc3ccc(N(C)C)cc3)[C@H]3CCS(=O)(=O)C3)c2c1. The van der Waals surface area contributed by atoms with E-state index in [0.717, 1.165) is 27.8 Å². The lowest BCUT2D eigenvalue weighted by Crippen LogP contribution is -2.41. The van der Waals surface area contributed by atoms with Crippen molar-refractivity contribution >= 4 is 32.4 Å². The molecule has 1 fully saturated rings. The number of hydrogen-bond acceptors (Lipinski definition) is 5. The van der Waals surface area contributed by atoms with Crippen molar-refractivity contribution in [2.24, 2.45) is 0 Å². The maximum atomic E-state index is 13.5. The Hall–Kier alpha value is -2.80. The Kier molecular flexibility index (Phi) is 6.52. The lowest BCUT2D eigenvalue weighted by molar-refractivity contribution is -0.133. The van der Waals surface area contributed by atoms with Crippen LogP contribution in [0.15, 0.2) is 53.1 Å². The van der Waals surface area contributed by atoms with E-state index < -0.39 is 9.84 Å². The van der Waals surface area contributed by atoms with Gasteiger partial charge in [0, 0.05) is 43.3 Å². The lowest BCUT2D eigenvalue weighted by atomic mass is 9.99. The first-order valence-corrected chi connectivity index (χ1v) is 13.2. The normalized spacial score (nSPS) is 17.5. The molecule has 0 radical (unpaired) electrons. The zero-order valence-electron chi connectivity index (χ0n) is 19.7. The molecule has 176 valence electrons. The van der Waals surface area contributed by atoms with Crippen molar-refractivity contribution in [1.82, 2.24) is 4.90 Å². The molecule has 0 saturated carbocycles. The molecule has 0 bridgehead atoms. The van der Waals surface area contributed by atoms with Crippen molar-refractivity contribution in [2.45, 2.75) is 45.2 Å². The van der Waals surface area contributed by atoms with Crippen LogP contribution in [-0.4, -0.2) is 50.9 Å². The highest BCUT2D eigenvalue weighted by Gasteiger charge is 2.35. The van der Waals surface area contributed by atoms with Gasteiger partial charge in [0.05, 0.1) is 24.2 Å². The molecule has 6 nitrogen and oxygen atoms in total. The summed E-state index contributed by atoms with van der Waals surface area (Å²) in [5, 5.41) is 0.948. The average Bonchev–Trinajstić information content (AvgIpc) is 3.34. The smallest absolute Gasteiger partial charge is 0.227 e.